The SMILES string of the molecule is O=C1Cc2ccccc2N1.c1ccc(-c2ccccc2)cc1. The van der Waals surface area contributed by atoms with E-state index in [9.17, 15) is 4.79 Å². The second kappa shape index (κ2) is 6.72. The summed E-state index contributed by atoms with van der Waals surface area (Å²) in [6.45, 7) is 0. The Labute approximate surface area is 130 Å². The molecule has 0 atom stereocenters. The molecule has 2 heteroatoms. The fourth-order valence-electron chi connectivity index (χ4n) is 2.42. The fraction of sp³-hybridized carbons (Fsp3) is 0.0500. The van der Waals surface area contributed by atoms with Crippen molar-refractivity contribution in [3.05, 3.63) is 90.5 Å². The van der Waals surface area contributed by atoms with Crippen LogP contribution >= 0.6 is 0 Å². The third-order valence-electron chi connectivity index (χ3n) is 3.52. The van der Waals surface area contributed by atoms with Crippen molar-refractivity contribution in [2.45, 2.75) is 6.42 Å². The van der Waals surface area contributed by atoms with Crippen molar-refractivity contribution in [1.29, 1.82) is 0 Å². The molecule has 1 aliphatic rings. The predicted molar refractivity (Wildman–Crippen MR) is 90.7 cm³/mol. The number of anilines is 1. The third kappa shape index (κ3) is 3.41. The summed E-state index contributed by atoms with van der Waals surface area (Å²) in [7, 11) is 0. The lowest BCUT2D eigenvalue weighted by Gasteiger charge is -1.98. The van der Waals surface area contributed by atoms with E-state index in [0.717, 1.165) is 11.3 Å². The van der Waals surface area contributed by atoms with Crippen LogP contribution in [0.1, 0.15) is 5.56 Å². The maximum atomic E-state index is 10.8. The molecule has 108 valence electrons. The molecule has 4 rings (SSSR count). The molecule has 0 saturated carbocycles. The zero-order chi connectivity index (χ0) is 15.2. The molecule has 0 unspecified atom stereocenters. The second-order valence-electron chi connectivity index (χ2n) is 5.11. The number of nitrogens with one attached hydrogen (secondary N) is 1. The van der Waals surface area contributed by atoms with E-state index < -0.39 is 0 Å². The molecule has 3 aromatic carbocycles. The van der Waals surface area contributed by atoms with Gasteiger partial charge in [-0.25, -0.2) is 0 Å². The normalized spacial score (nSPS) is 11.9. The summed E-state index contributed by atoms with van der Waals surface area (Å²) in [6.07, 6.45) is 0.538. The van der Waals surface area contributed by atoms with E-state index in [4.69, 9.17) is 0 Å². The number of benzene rings is 3. The number of carbonyl (C=O) groups excluding carboxylic acids is 1. The van der Waals surface area contributed by atoms with E-state index in [-0.39, 0.29) is 5.91 Å². The van der Waals surface area contributed by atoms with Crippen molar-refractivity contribution >= 4 is 11.6 Å². The molecule has 22 heavy (non-hydrogen) atoms. The molecule has 0 saturated heterocycles. The van der Waals surface area contributed by atoms with Gasteiger partial charge in [-0.2, -0.15) is 0 Å². The first-order valence-corrected chi connectivity index (χ1v) is 7.31. The van der Waals surface area contributed by atoms with Gasteiger partial charge in [0.2, 0.25) is 5.91 Å². The first-order chi connectivity index (χ1) is 10.8. The Bertz CT molecular complexity index is 686. The van der Waals surface area contributed by atoms with Gasteiger partial charge in [0.15, 0.2) is 0 Å². The van der Waals surface area contributed by atoms with Gasteiger partial charge >= 0.3 is 0 Å². The standard InChI is InChI=1S/C12H10.C8H7NO/c1-3-7-11(8-4-1)12-9-5-2-6-10-12;10-8-5-6-3-1-2-4-7(6)9-8/h1-10H;1-4H,5H2,(H,9,10). The van der Waals surface area contributed by atoms with Crippen LogP contribution in [0, 0.1) is 0 Å². The molecule has 1 aliphatic heterocycles. The van der Waals surface area contributed by atoms with Gasteiger partial charge in [-0.1, -0.05) is 78.9 Å². The number of fused-ring (bicyclic) bond motifs is 1. The van der Waals surface area contributed by atoms with Crippen molar-refractivity contribution in [2.24, 2.45) is 0 Å². The van der Waals surface area contributed by atoms with E-state index in [1.807, 2.05) is 36.4 Å². The lowest BCUT2D eigenvalue weighted by atomic mass is 10.1. The lowest BCUT2D eigenvalue weighted by Crippen LogP contribution is -2.03. The first-order valence-electron chi connectivity index (χ1n) is 7.31. The average Bonchev–Trinajstić information content (AvgIpc) is 2.97. The Morgan fingerprint density at radius 1 is 0.636 bits per heavy atom. The molecule has 0 fully saturated rings. The van der Waals surface area contributed by atoms with Crippen molar-refractivity contribution in [3.63, 3.8) is 0 Å². The molecule has 1 N–H and O–H groups in total. The largest absolute Gasteiger partial charge is 0.326 e. The Balaban J connectivity index is 0.000000133. The molecular formula is C20H17NO. The van der Waals surface area contributed by atoms with Gasteiger partial charge in [-0.3, -0.25) is 4.79 Å². The van der Waals surface area contributed by atoms with Gasteiger partial charge in [-0.05, 0) is 22.8 Å². The van der Waals surface area contributed by atoms with Crippen molar-refractivity contribution < 1.29 is 4.79 Å². The minimum Gasteiger partial charge on any atom is -0.326 e. The summed E-state index contributed by atoms with van der Waals surface area (Å²) in [5, 5.41) is 2.76. The fourth-order valence-corrected chi connectivity index (χ4v) is 2.42. The quantitative estimate of drug-likeness (QED) is 0.699. The maximum Gasteiger partial charge on any atom is 0.228 e. The molecular weight excluding hydrogens is 270 g/mol. The summed E-state index contributed by atoms with van der Waals surface area (Å²) < 4.78 is 0. The Morgan fingerprint density at radius 2 is 1.14 bits per heavy atom. The minimum absolute atomic E-state index is 0.0983. The summed E-state index contributed by atoms with van der Waals surface area (Å²) in [5.74, 6) is 0.0983. The van der Waals surface area contributed by atoms with E-state index in [2.05, 4.69) is 53.8 Å². The number of amides is 1. The van der Waals surface area contributed by atoms with Crippen LogP contribution in [0.25, 0.3) is 11.1 Å². The van der Waals surface area contributed by atoms with Crippen LogP contribution in [-0.2, 0) is 11.2 Å². The zero-order valence-electron chi connectivity index (χ0n) is 12.2. The molecule has 0 bridgehead atoms. The van der Waals surface area contributed by atoms with E-state index in [1.54, 1.807) is 0 Å². The highest BCUT2D eigenvalue weighted by molar-refractivity contribution is 5.98. The smallest absolute Gasteiger partial charge is 0.228 e. The molecule has 0 spiro atoms. The average molecular weight is 287 g/mol. The minimum atomic E-state index is 0.0983. The van der Waals surface area contributed by atoms with Gasteiger partial charge in [0, 0.05) is 5.69 Å². The highest BCUT2D eigenvalue weighted by Gasteiger charge is 2.15. The predicted octanol–water partition coefficient (Wildman–Crippen LogP) is 4.53. The zero-order valence-corrected chi connectivity index (χ0v) is 12.2. The molecule has 3 aromatic rings. The first kappa shape index (κ1) is 14.1. The lowest BCUT2D eigenvalue weighted by molar-refractivity contribution is -0.115. The van der Waals surface area contributed by atoms with Gasteiger partial charge in [0.25, 0.3) is 0 Å². The van der Waals surface area contributed by atoms with Crippen LogP contribution in [0.2, 0.25) is 0 Å². The number of carbonyl (C=O) groups is 1. The van der Waals surface area contributed by atoms with Crippen molar-refractivity contribution in [2.75, 3.05) is 5.32 Å². The summed E-state index contributed by atoms with van der Waals surface area (Å²) in [5.41, 5.74) is 4.62. The van der Waals surface area contributed by atoms with Gasteiger partial charge < -0.3 is 5.32 Å². The van der Waals surface area contributed by atoms with Crippen molar-refractivity contribution in [1.82, 2.24) is 0 Å². The number of rotatable bonds is 1. The van der Waals surface area contributed by atoms with Crippen LogP contribution < -0.4 is 5.32 Å². The Kier molecular flexibility index (Phi) is 4.30. The molecule has 1 amide bonds. The summed E-state index contributed by atoms with van der Waals surface area (Å²) >= 11 is 0. The highest BCUT2D eigenvalue weighted by Crippen LogP contribution is 2.21. The van der Waals surface area contributed by atoms with Crippen molar-refractivity contribution in [3.8, 4) is 11.1 Å². The van der Waals surface area contributed by atoms with Gasteiger partial charge in [-0.15, -0.1) is 0 Å². The number of para-hydroxylation sites is 1. The summed E-state index contributed by atoms with van der Waals surface area (Å²) in [6, 6.07) is 28.5. The second-order valence-corrected chi connectivity index (χ2v) is 5.11. The molecule has 0 aliphatic carbocycles. The monoisotopic (exact) mass is 287 g/mol. The van der Waals surface area contributed by atoms with E-state index in [0.29, 0.717) is 6.42 Å². The van der Waals surface area contributed by atoms with E-state index in [1.165, 1.54) is 11.1 Å². The van der Waals surface area contributed by atoms with Gasteiger partial charge in [0.1, 0.15) is 0 Å². The van der Waals surface area contributed by atoms with Crippen LogP contribution in [0.4, 0.5) is 5.69 Å². The van der Waals surface area contributed by atoms with E-state index >= 15 is 0 Å². The molecule has 1 heterocycles. The number of hydrogen-bond donors (Lipinski definition) is 1. The van der Waals surface area contributed by atoms with Crippen LogP contribution in [-0.4, -0.2) is 5.91 Å². The molecule has 0 aromatic heterocycles. The molecule has 2 nitrogen and oxygen atoms in total. The third-order valence-corrected chi connectivity index (χ3v) is 3.52. The highest BCUT2D eigenvalue weighted by atomic mass is 16.1. The number of hydrogen-bond acceptors (Lipinski definition) is 1. The van der Waals surface area contributed by atoms with Gasteiger partial charge in [0.05, 0.1) is 6.42 Å². The Morgan fingerprint density at radius 3 is 1.68 bits per heavy atom. The topological polar surface area (TPSA) is 29.1 Å². The van der Waals surface area contributed by atoms with Crippen LogP contribution in [0.5, 0.6) is 0 Å². The maximum absolute atomic E-state index is 10.8. The summed E-state index contributed by atoms with van der Waals surface area (Å²) in [4.78, 5) is 10.8. The Hall–Kier alpha value is -2.87. The van der Waals surface area contributed by atoms with Crippen LogP contribution in [0.3, 0.4) is 0 Å². The molecule has 0 radical (unpaired) electrons. The van der Waals surface area contributed by atoms with Crippen LogP contribution in [0.15, 0.2) is 84.9 Å².